The largest absolute Gasteiger partial charge is 0.190 e. The van der Waals surface area contributed by atoms with E-state index < -0.39 is 40.4 Å². The summed E-state index contributed by atoms with van der Waals surface area (Å²) in [7, 11) is -4.51. The fraction of sp³-hybridized carbons (Fsp3) is 0.0769. The number of hydrogen-bond acceptors (Lipinski definition) is 2. The second-order valence-corrected chi connectivity index (χ2v) is 37.2. The summed E-state index contributed by atoms with van der Waals surface area (Å²) in [5.41, 5.74) is 0. The lowest BCUT2D eigenvalue weighted by molar-refractivity contribution is 1.66. The third kappa shape index (κ3) is 9.78. The average Bonchev–Trinajstić information content (AvgIpc) is 3.38. The molecule has 324 valence electrons. The normalized spacial score (nSPS) is 16.5. The van der Waals surface area contributed by atoms with Gasteiger partial charge in [0, 0.05) is 12.1 Å². The Morgan fingerprint density at radius 2 is 0.469 bits per heavy atom. The molecule has 0 amide bonds. The summed E-state index contributed by atoms with van der Waals surface area (Å²) in [6.45, 7) is -1.94. The molecule has 0 unspecified atom stereocenters. The fourth-order valence-electron chi connectivity index (χ4n) is 11.1. The first kappa shape index (κ1) is 49.1. The highest BCUT2D eigenvalue weighted by Crippen LogP contribution is 2.85. The minimum absolute atomic E-state index is 0.194. The van der Waals surface area contributed by atoms with Crippen LogP contribution in [0, 0.1) is 0 Å². The lowest BCUT2D eigenvalue weighted by Gasteiger charge is -2.61. The Kier molecular flexibility index (Phi) is 17.9. The van der Waals surface area contributed by atoms with Gasteiger partial charge in [-0.25, -0.2) is 0 Å². The van der Waals surface area contributed by atoms with E-state index in [-0.39, 0.29) is 10.7 Å². The number of hydrogen-bond donors (Lipinski definition) is 0. The van der Waals surface area contributed by atoms with E-state index in [1.807, 2.05) is 0 Å². The van der Waals surface area contributed by atoms with Crippen LogP contribution in [0.1, 0.15) is 0 Å². The van der Waals surface area contributed by atoms with Crippen LogP contribution in [0.3, 0.4) is 0 Å². The summed E-state index contributed by atoms with van der Waals surface area (Å²) in [4.78, 5) is 0. The molecule has 0 aliphatic carbocycles. The van der Waals surface area contributed by atoms with Gasteiger partial charge in [-0.1, -0.05) is 218 Å². The summed E-state index contributed by atoms with van der Waals surface area (Å²) in [5, 5.41) is 12.5. The van der Waals surface area contributed by atoms with Gasteiger partial charge in [0.25, 0.3) is 0 Å². The second kappa shape index (κ2) is 23.3. The molecule has 0 aromatic heterocycles. The molecule has 0 bridgehead atoms. The quantitative estimate of drug-likeness (QED) is 0.0761. The van der Waals surface area contributed by atoms with Gasteiger partial charge < -0.3 is 0 Å². The summed E-state index contributed by atoms with van der Waals surface area (Å²) in [6.07, 6.45) is 0. The van der Waals surface area contributed by atoms with Crippen LogP contribution < -0.4 is 42.4 Å². The van der Waals surface area contributed by atoms with Crippen LogP contribution in [0.2, 0.25) is 0 Å². The fourth-order valence-corrected chi connectivity index (χ4v) is 51.3. The molecule has 1 heterocycles. The van der Waals surface area contributed by atoms with Crippen LogP contribution in [-0.2, 0) is 23.6 Å². The number of rotatable bonds is 10. The summed E-state index contributed by atoms with van der Waals surface area (Å²) in [5.74, 6) is 0. The number of halogens is 4. The van der Waals surface area contributed by atoms with E-state index in [9.17, 15) is 0 Å². The van der Waals surface area contributed by atoms with Crippen molar-refractivity contribution in [3.63, 3.8) is 0 Å². The highest BCUT2D eigenvalue weighted by Gasteiger charge is 2.64. The minimum atomic E-state index is -2.52. The topological polar surface area (TPSA) is 0 Å². The highest BCUT2D eigenvalue weighted by molar-refractivity contribution is 8.40. The third-order valence-corrected chi connectivity index (χ3v) is 43.9. The first-order chi connectivity index (χ1) is 31.3. The molecule has 1 fully saturated rings. The van der Waals surface area contributed by atoms with Crippen molar-refractivity contribution in [1.29, 1.82) is 0 Å². The predicted molar refractivity (Wildman–Crippen MR) is 309 cm³/mol. The van der Waals surface area contributed by atoms with Gasteiger partial charge in [0.1, 0.15) is 0 Å². The van der Waals surface area contributed by atoms with Gasteiger partial charge >= 0.3 is 0 Å². The molecule has 8 aromatic rings. The van der Waals surface area contributed by atoms with Gasteiger partial charge in [0.05, 0.1) is 31.9 Å². The first-order valence-electron chi connectivity index (χ1n) is 21.6. The van der Waals surface area contributed by atoms with Crippen LogP contribution in [0.5, 0.6) is 0 Å². The molecule has 8 aromatic carbocycles. The zero-order chi connectivity index (χ0) is 44.9. The molecule has 0 radical (unpaired) electrons. The predicted octanol–water partition coefficient (Wildman–Crippen LogP) is 11.2. The van der Waals surface area contributed by atoms with E-state index in [0.29, 0.717) is 10.6 Å². The monoisotopic (exact) mass is 1020 g/mol. The van der Waals surface area contributed by atoms with E-state index >= 15 is 0 Å². The molecule has 0 spiro atoms. The maximum absolute atomic E-state index is 7.72. The van der Waals surface area contributed by atoms with Crippen molar-refractivity contribution in [2.45, 2.75) is 10.6 Å². The van der Waals surface area contributed by atoms with Gasteiger partial charge in [0.15, 0.2) is 14.0 Å². The van der Waals surface area contributed by atoms with Crippen molar-refractivity contribution in [3.05, 3.63) is 243 Å². The summed E-state index contributed by atoms with van der Waals surface area (Å²) < 4.78 is 0. The van der Waals surface area contributed by atoms with E-state index in [0.717, 1.165) is 0 Å². The van der Waals surface area contributed by atoms with Crippen LogP contribution in [-0.4, -0.2) is 35.3 Å². The average molecular weight is 1030 g/mol. The molecule has 1 saturated heterocycles. The third-order valence-electron chi connectivity index (χ3n) is 13.6. The zero-order valence-corrected chi connectivity index (χ0v) is 44.0. The lowest BCUT2D eigenvalue weighted by Crippen LogP contribution is -2.55. The molecule has 9 rings (SSSR count). The molecule has 0 N–H and O–H groups in total. The standard InChI is InChI=1S/C50H46B2P4S2.2CH2Cl2/c57-55(45-33-17-5-18-34-45,46-35-19-6-20-36-46)49-52-54(43-29-13-3-14-30-43,44-31-15-4-16-32-44)50(56(58,47-37-21-7-22-38-47)48-39-23-8-24-40-48)51-53(49,41-25-9-1-10-26-41)42-27-11-2-12-28-42;2*2-1-3/h1-40,49-50H,51-52H2;2*1H2/t49-,50+;;. The van der Waals surface area contributed by atoms with Gasteiger partial charge in [-0.3, -0.25) is 0 Å². The first-order valence-corrected chi connectivity index (χ1v) is 34.1. The van der Waals surface area contributed by atoms with Crippen molar-refractivity contribution >= 4 is 153 Å². The van der Waals surface area contributed by atoms with Crippen LogP contribution in [0.4, 0.5) is 0 Å². The molecule has 12 heteroatoms. The molecule has 0 nitrogen and oxygen atoms in total. The van der Waals surface area contributed by atoms with E-state index in [2.05, 4.69) is 243 Å². The van der Waals surface area contributed by atoms with Crippen LogP contribution in [0.25, 0.3) is 0 Å². The lowest BCUT2D eigenvalue weighted by atomic mass is 10.1. The number of alkyl halides is 4. The van der Waals surface area contributed by atoms with Gasteiger partial charge in [-0.2, -0.15) is 0 Å². The smallest absolute Gasteiger partial charge is 0.109 e. The molecular formula is C52H50B2Cl4P4S2. The summed E-state index contributed by atoms with van der Waals surface area (Å²) >= 11 is 34.5. The number of benzene rings is 8. The van der Waals surface area contributed by atoms with E-state index in [1.54, 1.807) is 0 Å². The van der Waals surface area contributed by atoms with Crippen molar-refractivity contribution in [1.82, 2.24) is 0 Å². The molecule has 2 atom stereocenters. The Hall–Kier alpha value is -2.79. The van der Waals surface area contributed by atoms with Crippen LogP contribution in [0.15, 0.2) is 243 Å². The van der Waals surface area contributed by atoms with Crippen molar-refractivity contribution in [2.75, 3.05) is 10.7 Å². The van der Waals surface area contributed by atoms with Crippen LogP contribution >= 0.6 is 72.8 Å². The molecular weight excluding hydrogens is 976 g/mol. The SMILES string of the molecule is ClCCl.ClCCl.S=P(c1ccccc1)(c1ccccc1)[C@H]1[BH2-][P+](c2ccccc2)(c2ccccc2)[C@H](P(=S)(c2ccccc2)c2ccccc2)[BH2-][P+]1(c1ccccc1)c1ccccc1. The Balaban J connectivity index is 0.000000968. The van der Waals surface area contributed by atoms with E-state index in [1.165, 1.54) is 42.4 Å². The zero-order valence-electron chi connectivity index (χ0n) is 35.8. The van der Waals surface area contributed by atoms with Crippen molar-refractivity contribution in [3.8, 4) is 0 Å². The molecule has 1 aliphatic rings. The van der Waals surface area contributed by atoms with Crippen molar-refractivity contribution in [2.24, 2.45) is 0 Å². The molecule has 1 aliphatic heterocycles. The summed E-state index contributed by atoms with van der Waals surface area (Å²) in [6, 6.07) is 87.5. The maximum Gasteiger partial charge on any atom is 0.190 e. The van der Waals surface area contributed by atoms with E-state index in [4.69, 9.17) is 70.0 Å². The second-order valence-electron chi connectivity index (χ2n) is 16.1. The Morgan fingerprint density at radius 1 is 0.312 bits per heavy atom. The molecule has 64 heavy (non-hydrogen) atoms. The molecule has 0 saturated carbocycles. The Labute approximate surface area is 413 Å². The highest BCUT2D eigenvalue weighted by atomic mass is 35.5. The van der Waals surface area contributed by atoms with Gasteiger partial charge in [-0.15, -0.1) is 60.7 Å². The Bertz CT molecular complexity index is 2380. The Morgan fingerprint density at radius 3 is 0.641 bits per heavy atom. The van der Waals surface area contributed by atoms with Gasteiger partial charge in [-0.05, 0) is 80.3 Å². The van der Waals surface area contributed by atoms with Gasteiger partial charge in [0.2, 0.25) is 0 Å². The maximum atomic E-state index is 7.72. The van der Waals surface area contributed by atoms with Crippen molar-refractivity contribution < 1.29 is 0 Å². The minimum Gasteiger partial charge on any atom is -0.109 e.